The van der Waals surface area contributed by atoms with Crippen molar-refractivity contribution in [2.24, 2.45) is 0 Å². The van der Waals surface area contributed by atoms with Crippen molar-refractivity contribution in [1.29, 1.82) is 0 Å². The maximum absolute atomic E-state index is 5.08. The summed E-state index contributed by atoms with van der Waals surface area (Å²) < 4.78 is 1.18. The number of terminal acetylenes is 1. The van der Waals surface area contributed by atoms with E-state index in [0.29, 0.717) is 6.54 Å². The summed E-state index contributed by atoms with van der Waals surface area (Å²) in [6.45, 7) is 1.47. The van der Waals surface area contributed by atoms with Crippen LogP contribution in [0.1, 0.15) is 5.56 Å². The van der Waals surface area contributed by atoms with Crippen LogP contribution in [0.2, 0.25) is 0 Å². The summed E-state index contributed by atoms with van der Waals surface area (Å²) >= 11 is 5.13. The van der Waals surface area contributed by atoms with Gasteiger partial charge in [-0.2, -0.15) is 0 Å². The molecular weight excluding hydrogens is 222 g/mol. The van der Waals surface area contributed by atoms with Crippen molar-refractivity contribution in [3.05, 3.63) is 20.8 Å². The normalized spacial score (nSPS) is 9.45. The predicted octanol–water partition coefficient (Wildman–Crippen LogP) is 2.23. The molecule has 1 aromatic heterocycles. The molecule has 58 valence electrons. The molecule has 1 nitrogen and oxygen atoms in total. The van der Waals surface area contributed by atoms with Gasteiger partial charge >= 0.3 is 0 Å². The van der Waals surface area contributed by atoms with Gasteiger partial charge in [-0.25, -0.2) is 0 Å². The van der Waals surface area contributed by atoms with E-state index in [-0.39, 0.29) is 0 Å². The van der Waals surface area contributed by atoms with E-state index in [0.717, 1.165) is 6.54 Å². The molecule has 0 atom stereocenters. The van der Waals surface area contributed by atoms with Gasteiger partial charge in [0.15, 0.2) is 0 Å². The first kappa shape index (κ1) is 8.79. The van der Waals surface area contributed by atoms with E-state index < -0.39 is 0 Å². The van der Waals surface area contributed by atoms with Gasteiger partial charge in [0.1, 0.15) is 0 Å². The highest BCUT2D eigenvalue weighted by Crippen LogP contribution is 2.22. The van der Waals surface area contributed by atoms with Gasteiger partial charge in [0.2, 0.25) is 0 Å². The largest absolute Gasteiger partial charge is 0.302 e. The SMILES string of the molecule is C#CCNCc1ccsc1Br. The first-order valence-electron chi connectivity index (χ1n) is 3.20. The van der Waals surface area contributed by atoms with Gasteiger partial charge in [0.05, 0.1) is 10.3 Å². The van der Waals surface area contributed by atoms with E-state index >= 15 is 0 Å². The first-order chi connectivity index (χ1) is 5.34. The fourth-order valence-corrected chi connectivity index (χ4v) is 1.95. The zero-order valence-electron chi connectivity index (χ0n) is 5.93. The Morgan fingerprint density at radius 3 is 3.09 bits per heavy atom. The van der Waals surface area contributed by atoms with E-state index in [9.17, 15) is 0 Å². The molecule has 0 saturated carbocycles. The Balaban J connectivity index is 2.40. The van der Waals surface area contributed by atoms with Crippen molar-refractivity contribution in [3.8, 4) is 12.3 Å². The van der Waals surface area contributed by atoms with E-state index in [2.05, 4.69) is 38.6 Å². The molecule has 1 rings (SSSR count). The summed E-state index contributed by atoms with van der Waals surface area (Å²) in [7, 11) is 0. The molecule has 1 aromatic rings. The Morgan fingerprint density at radius 2 is 2.55 bits per heavy atom. The molecule has 0 amide bonds. The third kappa shape index (κ3) is 2.66. The van der Waals surface area contributed by atoms with Gasteiger partial charge in [0, 0.05) is 6.54 Å². The van der Waals surface area contributed by atoms with Crippen LogP contribution in [0.5, 0.6) is 0 Å². The van der Waals surface area contributed by atoms with Gasteiger partial charge in [-0.15, -0.1) is 17.8 Å². The lowest BCUT2D eigenvalue weighted by Gasteiger charge is -1.97. The summed E-state index contributed by atoms with van der Waals surface area (Å²) in [5, 5.41) is 5.17. The number of thiophene rings is 1. The molecule has 0 aliphatic carbocycles. The van der Waals surface area contributed by atoms with Gasteiger partial charge < -0.3 is 5.32 Å². The molecule has 0 fully saturated rings. The molecule has 0 radical (unpaired) electrons. The Hall–Kier alpha value is -0.300. The Kier molecular flexibility index (Phi) is 3.64. The highest BCUT2D eigenvalue weighted by atomic mass is 79.9. The highest BCUT2D eigenvalue weighted by molar-refractivity contribution is 9.11. The number of hydrogen-bond acceptors (Lipinski definition) is 2. The third-order valence-electron chi connectivity index (χ3n) is 1.24. The summed E-state index contributed by atoms with van der Waals surface area (Å²) in [4.78, 5) is 0. The number of nitrogens with one attached hydrogen (secondary N) is 1. The molecule has 0 aliphatic rings. The monoisotopic (exact) mass is 229 g/mol. The quantitative estimate of drug-likeness (QED) is 0.620. The van der Waals surface area contributed by atoms with Gasteiger partial charge in [-0.05, 0) is 32.9 Å². The smallest absolute Gasteiger partial charge is 0.0743 e. The summed E-state index contributed by atoms with van der Waals surface area (Å²) in [5.41, 5.74) is 1.27. The van der Waals surface area contributed by atoms with Crippen molar-refractivity contribution in [2.75, 3.05) is 6.54 Å². The molecule has 0 aromatic carbocycles. The summed E-state index contributed by atoms with van der Waals surface area (Å²) in [6, 6.07) is 2.08. The number of rotatable bonds is 3. The third-order valence-corrected chi connectivity index (χ3v) is 3.05. The van der Waals surface area contributed by atoms with Crippen LogP contribution in [-0.2, 0) is 6.54 Å². The van der Waals surface area contributed by atoms with E-state index in [1.54, 1.807) is 11.3 Å². The predicted molar refractivity (Wildman–Crippen MR) is 52.6 cm³/mol. The molecule has 0 saturated heterocycles. The first-order valence-corrected chi connectivity index (χ1v) is 4.88. The van der Waals surface area contributed by atoms with Crippen LogP contribution in [0.15, 0.2) is 15.2 Å². The molecule has 0 spiro atoms. The van der Waals surface area contributed by atoms with Crippen molar-refractivity contribution < 1.29 is 0 Å². The second kappa shape index (κ2) is 4.55. The molecule has 3 heteroatoms. The number of hydrogen-bond donors (Lipinski definition) is 1. The Labute approximate surface area is 78.9 Å². The molecule has 0 bridgehead atoms. The molecule has 0 unspecified atom stereocenters. The van der Waals surface area contributed by atoms with Crippen LogP contribution < -0.4 is 5.32 Å². The van der Waals surface area contributed by atoms with Crippen LogP contribution in [-0.4, -0.2) is 6.54 Å². The van der Waals surface area contributed by atoms with Crippen molar-refractivity contribution >= 4 is 27.3 Å². The molecular formula is C8H8BrNS. The van der Waals surface area contributed by atoms with E-state index in [4.69, 9.17) is 6.42 Å². The zero-order chi connectivity index (χ0) is 8.10. The molecule has 1 N–H and O–H groups in total. The van der Waals surface area contributed by atoms with E-state index in [1.165, 1.54) is 9.35 Å². The second-order valence-electron chi connectivity index (χ2n) is 2.03. The second-order valence-corrected chi connectivity index (χ2v) is 4.26. The zero-order valence-corrected chi connectivity index (χ0v) is 8.33. The standard InChI is InChI=1S/C8H8BrNS/c1-2-4-10-6-7-3-5-11-8(7)9/h1,3,5,10H,4,6H2. The van der Waals surface area contributed by atoms with Crippen molar-refractivity contribution in [1.82, 2.24) is 5.32 Å². The van der Waals surface area contributed by atoms with Crippen LogP contribution >= 0.6 is 27.3 Å². The van der Waals surface area contributed by atoms with Crippen molar-refractivity contribution in [3.63, 3.8) is 0 Å². The molecule has 11 heavy (non-hydrogen) atoms. The van der Waals surface area contributed by atoms with Crippen molar-refractivity contribution in [2.45, 2.75) is 6.54 Å². The fourth-order valence-electron chi connectivity index (χ4n) is 0.715. The lowest BCUT2D eigenvalue weighted by molar-refractivity contribution is 0.771. The van der Waals surface area contributed by atoms with Gasteiger partial charge in [-0.3, -0.25) is 0 Å². The van der Waals surface area contributed by atoms with Crippen LogP contribution in [0.3, 0.4) is 0 Å². The molecule has 0 aliphatic heterocycles. The molecule has 1 heterocycles. The average Bonchev–Trinajstić information content (AvgIpc) is 2.37. The lowest BCUT2D eigenvalue weighted by Crippen LogP contribution is -2.12. The summed E-state index contributed by atoms with van der Waals surface area (Å²) in [5.74, 6) is 2.53. The van der Waals surface area contributed by atoms with Crippen LogP contribution in [0.4, 0.5) is 0 Å². The minimum absolute atomic E-state index is 0.627. The maximum atomic E-state index is 5.08. The Morgan fingerprint density at radius 1 is 1.73 bits per heavy atom. The van der Waals surface area contributed by atoms with Gasteiger partial charge in [0.25, 0.3) is 0 Å². The topological polar surface area (TPSA) is 12.0 Å². The number of halogens is 1. The lowest BCUT2D eigenvalue weighted by atomic mass is 10.3. The highest BCUT2D eigenvalue weighted by Gasteiger charge is 1.98. The van der Waals surface area contributed by atoms with Gasteiger partial charge in [-0.1, -0.05) is 5.92 Å². The minimum atomic E-state index is 0.627. The van der Waals surface area contributed by atoms with Crippen LogP contribution in [0.25, 0.3) is 0 Å². The maximum Gasteiger partial charge on any atom is 0.0743 e. The Bertz CT molecular complexity index is 261. The average molecular weight is 230 g/mol. The van der Waals surface area contributed by atoms with Crippen LogP contribution in [0, 0.1) is 12.3 Å². The minimum Gasteiger partial charge on any atom is -0.302 e. The fraction of sp³-hybridized carbons (Fsp3) is 0.250. The summed E-state index contributed by atoms with van der Waals surface area (Å²) in [6.07, 6.45) is 5.08. The van der Waals surface area contributed by atoms with E-state index in [1.807, 2.05) is 0 Å².